The molecule has 3 fully saturated rings. The minimum absolute atomic E-state index is 0.131. The number of H-pyrrole nitrogens is 1. The van der Waals surface area contributed by atoms with E-state index in [0.29, 0.717) is 37.9 Å². The quantitative estimate of drug-likeness (QED) is 0.410. The van der Waals surface area contributed by atoms with Crippen molar-refractivity contribution in [1.29, 1.82) is 0 Å². The van der Waals surface area contributed by atoms with Crippen molar-refractivity contribution in [3.63, 3.8) is 0 Å². The highest BCUT2D eigenvalue weighted by Crippen LogP contribution is 2.39. The van der Waals surface area contributed by atoms with Crippen molar-refractivity contribution < 1.29 is 19.1 Å². The molecule has 10 nitrogen and oxygen atoms in total. The summed E-state index contributed by atoms with van der Waals surface area (Å²) in [6.45, 7) is 9.87. The Bertz CT molecular complexity index is 1590. The van der Waals surface area contributed by atoms with Gasteiger partial charge in [0, 0.05) is 68.2 Å². The summed E-state index contributed by atoms with van der Waals surface area (Å²) in [6, 6.07) is 6.73. The van der Waals surface area contributed by atoms with Gasteiger partial charge in [-0.25, -0.2) is 14.6 Å². The van der Waals surface area contributed by atoms with Crippen LogP contribution in [0, 0.1) is 0 Å². The first-order chi connectivity index (χ1) is 21.1. The number of morpholine rings is 1. The molecule has 1 aromatic carbocycles. The summed E-state index contributed by atoms with van der Waals surface area (Å²) in [5.74, 6) is 0. The van der Waals surface area contributed by atoms with E-state index in [1.54, 1.807) is 11.1 Å². The van der Waals surface area contributed by atoms with Gasteiger partial charge in [0.2, 0.25) is 0 Å². The number of hydrogen-bond acceptors (Lipinski definition) is 6. The van der Waals surface area contributed by atoms with Crippen molar-refractivity contribution in [2.75, 3.05) is 46.4 Å². The van der Waals surface area contributed by atoms with Gasteiger partial charge < -0.3 is 29.2 Å². The average Bonchev–Trinajstić information content (AvgIpc) is 3.50. The lowest BCUT2D eigenvalue weighted by atomic mass is 9.87. The van der Waals surface area contributed by atoms with Gasteiger partial charge in [-0.2, -0.15) is 0 Å². The van der Waals surface area contributed by atoms with E-state index in [-0.39, 0.29) is 30.2 Å². The molecule has 3 atom stereocenters. The Kier molecular flexibility index (Phi) is 7.50. The molecule has 3 saturated heterocycles. The number of aromatic nitrogens is 2. The summed E-state index contributed by atoms with van der Waals surface area (Å²) >= 11 is 6.46. The van der Waals surface area contributed by atoms with Crippen LogP contribution in [0.3, 0.4) is 0 Å². The SMILES string of the molecule is CN1CC2CCC(C1)N2C(=O)N1CCc2cc(-c3cnc4[nH]cc(Cl)c4c3)cc([C@@H]3COCCN3C(=O)OC(C)(C)C)c2C1. The predicted octanol–water partition coefficient (Wildman–Crippen LogP) is 5.45. The lowest BCUT2D eigenvalue weighted by Crippen LogP contribution is -2.58. The Labute approximate surface area is 263 Å². The molecule has 4 aliphatic heterocycles. The zero-order chi connectivity index (χ0) is 30.7. The number of nitrogens with zero attached hydrogens (tertiary/aromatic N) is 5. The fourth-order valence-corrected chi connectivity index (χ4v) is 7.64. The standard InChI is InChI=1S/C33H41ClN6O4/c1-33(2,3)44-32(42)39-9-10-43-19-29(39)25-12-21(22-13-26-28(34)15-36-30(26)35-14-22)11-20-7-8-38(18-27(20)25)31(41)40-23-5-6-24(40)17-37(4)16-23/h11-15,23-24,29H,5-10,16-19H2,1-4H3,(H,35,36)/t23?,24?,29-/m0/s1. The number of rotatable bonds is 2. The van der Waals surface area contributed by atoms with E-state index in [0.717, 1.165) is 65.6 Å². The second-order valence-electron chi connectivity index (χ2n) is 13.7. The van der Waals surface area contributed by atoms with E-state index in [1.165, 1.54) is 5.56 Å². The first kappa shape index (κ1) is 29.4. The molecule has 7 rings (SSSR count). The molecule has 4 aliphatic rings. The van der Waals surface area contributed by atoms with Gasteiger partial charge in [-0.3, -0.25) is 4.90 Å². The Morgan fingerprint density at radius 1 is 1.09 bits per heavy atom. The van der Waals surface area contributed by atoms with E-state index >= 15 is 0 Å². The van der Waals surface area contributed by atoms with E-state index in [9.17, 15) is 9.59 Å². The predicted molar refractivity (Wildman–Crippen MR) is 169 cm³/mol. The number of halogens is 1. The van der Waals surface area contributed by atoms with Crippen molar-refractivity contribution in [1.82, 2.24) is 29.6 Å². The first-order valence-corrected chi connectivity index (χ1v) is 16.1. The largest absolute Gasteiger partial charge is 0.444 e. The molecule has 44 heavy (non-hydrogen) atoms. The topological polar surface area (TPSA) is 94.2 Å². The molecular weight excluding hydrogens is 580 g/mol. The smallest absolute Gasteiger partial charge is 0.410 e. The molecule has 2 aromatic heterocycles. The van der Waals surface area contributed by atoms with Crippen LogP contribution in [0.15, 0.2) is 30.6 Å². The Balaban J connectivity index is 1.28. The van der Waals surface area contributed by atoms with Crippen LogP contribution in [0.25, 0.3) is 22.2 Å². The van der Waals surface area contributed by atoms with Gasteiger partial charge in [-0.15, -0.1) is 0 Å². The normalized spacial score (nSPS) is 24.1. The maximum atomic E-state index is 14.1. The molecule has 3 amide bonds. The molecule has 3 aromatic rings. The summed E-state index contributed by atoms with van der Waals surface area (Å²) in [7, 11) is 2.15. The Morgan fingerprint density at radius 2 is 1.86 bits per heavy atom. The van der Waals surface area contributed by atoms with Crippen LogP contribution in [0.5, 0.6) is 0 Å². The van der Waals surface area contributed by atoms with Crippen LogP contribution in [-0.2, 0) is 22.4 Å². The summed E-state index contributed by atoms with van der Waals surface area (Å²) in [6.07, 6.45) is 6.10. The zero-order valence-corrected chi connectivity index (χ0v) is 26.7. The highest BCUT2D eigenvalue weighted by molar-refractivity contribution is 6.35. The number of benzene rings is 1. The maximum absolute atomic E-state index is 14.1. The number of urea groups is 1. The van der Waals surface area contributed by atoms with Crippen molar-refractivity contribution >= 4 is 34.8 Å². The highest BCUT2D eigenvalue weighted by atomic mass is 35.5. The van der Waals surface area contributed by atoms with Crippen molar-refractivity contribution in [2.24, 2.45) is 0 Å². The fourth-order valence-electron chi connectivity index (χ4n) is 7.44. The second-order valence-corrected chi connectivity index (χ2v) is 14.1. The van der Waals surface area contributed by atoms with Gasteiger partial charge in [0.05, 0.1) is 24.3 Å². The molecule has 2 unspecified atom stereocenters. The minimum Gasteiger partial charge on any atom is -0.444 e. The molecular formula is C33H41ClN6O4. The zero-order valence-electron chi connectivity index (χ0n) is 25.9. The van der Waals surface area contributed by atoms with Gasteiger partial charge in [-0.1, -0.05) is 17.7 Å². The van der Waals surface area contributed by atoms with Crippen molar-refractivity contribution in [3.8, 4) is 11.1 Å². The van der Waals surface area contributed by atoms with Crippen molar-refractivity contribution in [3.05, 3.63) is 52.3 Å². The Hall–Kier alpha value is -3.34. The van der Waals surface area contributed by atoms with Gasteiger partial charge >= 0.3 is 12.1 Å². The summed E-state index contributed by atoms with van der Waals surface area (Å²) in [4.78, 5) is 43.6. The van der Waals surface area contributed by atoms with Crippen LogP contribution < -0.4 is 0 Å². The third-order valence-electron chi connectivity index (χ3n) is 9.46. The van der Waals surface area contributed by atoms with E-state index < -0.39 is 5.60 Å². The maximum Gasteiger partial charge on any atom is 0.410 e. The van der Waals surface area contributed by atoms with Gasteiger partial charge in [-0.05, 0) is 81.5 Å². The van der Waals surface area contributed by atoms with E-state index in [1.807, 2.05) is 31.9 Å². The van der Waals surface area contributed by atoms with Crippen molar-refractivity contribution in [2.45, 2.75) is 70.3 Å². The van der Waals surface area contributed by atoms with Gasteiger partial charge in [0.25, 0.3) is 0 Å². The first-order valence-electron chi connectivity index (χ1n) is 15.7. The molecule has 0 saturated carbocycles. The molecule has 1 N–H and O–H groups in total. The summed E-state index contributed by atoms with van der Waals surface area (Å²) < 4.78 is 11.8. The lowest BCUT2D eigenvalue weighted by Gasteiger charge is -2.43. The van der Waals surface area contributed by atoms with Crippen LogP contribution >= 0.6 is 11.6 Å². The van der Waals surface area contributed by atoms with Gasteiger partial charge in [0.1, 0.15) is 11.2 Å². The molecule has 0 aliphatic carbocycles. The van der Waals surface area contributed by atoms with Crippen LogP contribution in [-0.4, -0.2) is 106 Å². The third-order valence-corrected chi connectivity index (χ3v) is 9.78. The highest BCUT2D eigenvalue weighted by Gasteiger charge is 2.44. The second kappa shape index (κ2) is 11.2. The molecule has 0 spiro atoms. The van der Waals surface area contributed by atoms with Crippen LogP contribution in [0.1, 0.15) is 56.3 Å². The van der Waals surface area contributed by atoms with Gasteiger partial charge in [0.15, 0.2) is 0 Å². The van der Waals surface area contributed by atoms with Crippen LogP contribution in [0.2, 0.25) is 5.02 Å². The molecule has 234 valence electrons. The number of hydrogen-bond donors (Lipinski definition) is 1. The monoisotopic (exact) mass is 620 g/mol. The lowest BCUT2D eigenvalue weighted by molar-refractivity contribution is -0.0334. The number of amides is 3. The number of nitrogens with one attached hydrogen (secondary N) is 1. The third kappa shape index (κ3) is 5.41. The summed E-state index contributed by atoms with van der Waals surface area (Å²) in [5, 5.41) is 1.48. The number of likely N-dealkylation sites (tertiary alicyclic amines) is 1. The van der Waals surface area contributed by atoms with Crippen LogP contribution in [0.4, 0.5) is 9.59 Å². The number of carbonyl (C=O) groups is 2. The minimum atomic E-state index is -0.622. The summed E-state index contributed by atoms with van der Waals surface area (Å²) in [5.41, 5.74) is 5.31. The molecule has 11 heteroatoms. The number of aromatic amines is 1. The molecule has 2 bridgehead atoms. The number of ether oxygens (including phenoxy) is 2. The molecule has 0 radical (unpaired) electrons. The number of fused-ring (bicyclic) bond motifs is 4. The number of pyridine rings is 1. The van der Waals surface area contributed by atoms with E-state index in [4.69, 9.17) is 21.1 Å². The van der Waals surface area contributed by atoms with E-state index in [2.05, 4.69) is 45.0 Å². The fraction of sp³-hybridized carbons (Fsp3) is 0.545. The average molecular weight is 621 g/mol. The number of piperazine rings is 1. The number of likely N-dealkylation sites (N-methyl/N-ethyl adjacent to an activating group) is 1. The Morgan fingerprint density at radius 3 is 2.61 bits per heavy atom. The molecule has 6 heterocycles. The number of carbonyl (C=O) groups excluding carboxylic acids is 2.